The van der Waals surface area contributed by atoms with E-state index >= 15 is 0 Å². The first-order valence-electron chi connectivity index (χ1n) is 3.36. The van der Waals surface area contributed by atoms with E-state index in [1.807, 2.05) is 0 Å². The summed E-state index contributed by atoms with van der Waals surface area (Å²) in [4.78, 5) is 20.9. The Labute approximate surface area is 101 Å². The van der Waals surface area contributed by atoms with Gasteiger partial charge in [0, 0.05) is 32.7 Å². The zero-order valence-electron chi connectivity index (χ0n) is 7.07. The minimum Gasteiger partial charge on any atom is -0.479 e. The Morgan fingerprint density at radius 1 is 1.62 bits per heavy atom. The van der Waals surface area contributed by atoms with Crippen LogP contribution in [0.25, 0.3) is 0 Å². The SMILES string of the molecule is Cc1c(C=O)[c-]ccc1C(=O)O.[Y]. The van der Waals surface area contributed by atoms with E-state index < -0.39 is 5.97 Å². The number of carbonyl (C=O) groups is 2. The van der Waals surface area contributed by atoms with Gasteiger partial charge in [0.25, 0.3) is 0 Å². The fraction of sp³-hybridized carbons (Fsp3) is 0.111. The molecule has 13 heavy (non-hydrogen) atoms. The van der Waals surface area contributed by atoms with Crippen LogP contribution in [0.3, 0.4) is 0 Å². The van der Waals surface area contributed by atoms with E-state index in [0.29, 0.717) is 17.4 Å². The van der Waals surface area contributed by atoms with Crippen LogP contribution >= 0.6 is 0 Å². The maximum Gasteiger partial charge on any atom is 0.317 e. The molecule has 1 N–H and O–H groups in total. The number of rotatable bonds is 2. The molecule has 0 aliphatic carbocycles. The molecule has 0 heterocycles. The van der Waals surface area contributed by atoms with Gasteiger partial charge in [-0.05, 0) is 5.56 Å². The molecule has 1 radical (unpaired) electrons. The van der Waals surface area contributed by atoms with E-state index in [4.69, 9.17) is 5.11 Å². The third-order valence-electron chi connectivity index (χ3n) is 1.65. The average Bonchev–Trinajstić information content (AvgIpc) is 2.04. The molecule has 0 atom stereocenters. The minimum atomic E-state index is -1.02. The summed E-state index contributed by atoms with van der Waals surface area (Å²) in [6.45, 7) is 1.59. The van der Waals surface area contributed by atoms with Crippen molar-refractivity contribution in [1.82, 2.24) is 0 Å². The zero-order valence-corrected chi connectivity index (χ0v) is 9.91. The Morgan fingerprint density at radius 3 is 2.69 bits per heavy atom. The van der Waals surface area contributed by atoms with Crippen LogP contribution in [0.15, 0.2) is 12.1 Å². The van der Waals surface area contributed by atoms with Crippen LogP contribution in [0.1, 0.15) is 26.3 Å². The van der Waals surface area contributed by atoms with Crippen LogP contribution in [0, 0.1) is 13.0 Å². The minimum absolute atomic E-state index is 0. The number of benzene rings is 1. The molecule has 1 aromatic carbocycles. The number of aldehydes is 1. The van der Waals surface area contributed by atoms with Gasteiger partial charge in [-0.15, -0.1) is 29.3 Å². The topological polar surface area (TPSA) is 54.4 Å². The van der Waals surface area contributed by atoms with Gasteiger partial charge in [0.2, 0.25) is 0 Å². The Bertz CT molecular complexity index is 334. The summed E-state index contributed by atoms with van der Waals surface area (Å²) < 4.78 is 0. The van der Waals surface area contributed by atoms with Crippen LogP contribution in [0.4, 0.5) is 0 Å². The molecule has 0 spiro atoms. The van der Waals surface area contributed by atoms with Crippen molar-refractivity contribution in [3.63, 3.8) is 0 Å². The second-order valence-corrected chi connectivity index (χ2v) is 2.35. The maximum absolute atomic E-state index is 10.6. The number of hydrogen-bond donors (Lipinski definition) is 1. The first kappa shape index (κ1) is 12.5. The number of carbonyl (C=O) groups excluding carboxylic acids is 1. The Hall–Kier alpha value is -0.536. The van der Waals surface area contributed by atoms with Crippen molar-refractivity contribution in [3.05, 3.63) is 34.9 Å². The molecule has 0 saturated carbocycles. The molecule has 0 aliphatic rings. The van der Waals surface area contributed by atoms with Crippen molar-refractivity contribution in [2.75, 3.05) is 0 Å². The molecule has 65 valence electrons. The van der Waals surface area contributed by atoms with Crippen LogP contribution in [0.2, 0.25) is 0 Å². The molecular weight excluding hydrogens is 245 g/mol. The standard InChI is InChI=1S/C9H7O3.Y/c1-6-7(5-10)3-2-4-8(6)9(11)12;/h2,4-5H,1H3,(H,11,12);/q-1;. The first-order chi connectivity index (χ1) is 5.66. The fourth-order valence-corrected chi connectivity index (χ4v) is 0.947. The second kappa shape index (κ2) is 5.25. The van der Waals surface area contributed by atoms with Gasteiger partial charge in [0.15, 0.2) is 0 Å². The third-order valence-corrected chi connectivity index (χ3v) is 1.65. The number of hydrogen-bond acceptors (Lipinski definition) is 2. The van der Waals surface area contributed by atoms with Crippen LogP contribution in [-0.4, -0.2) is 17.4 Å². The van der Waals surface area contributed by atoms with Crippen molar-refractivity contribution in [2.24, 2.45) is 0 Å². The summed E-state index contributed by atoms with van der Waals surface area (Å²) in [6.07, 6.45) is 0.599. The van der Waals surface area contributed by atoms with E-state index in [1.54, 1.807) is 6.92 Å². The normalized spacial score (nSPS) is 8.69. The molecule has 0 aliphatic heterocycles. The number of carboxylic acids is 1. The quantitative estimate of drug-likeness (QED) is 0.637. The predicted molar refractivity (Wildman–Crippen MR) is 42.4 cm³/mol. The molecule has 0 unspecified atom stereocenters. The molecule has 1 rings (SSSR count). The van der Waals surface area contributed by atoms with Gasteiger partial charge in [-0.2, -0.15) is 0 Å². The van der Waals surface area contributed by atoms with E-state index in [9.17, 15) is 9.59 Å². The Kier molecular flexibility index (Phi) is 5.03. The number of aromatic carboxylic acids is 1. The Balaban J connectivity index is 0.00000144. The molecular formula is C9H7O3Y-. The van der Waals surface area contributed by atoms with Gasteiger partial charge < -0.3 is 9.90 Å². The van der Waals surface area contributed by atoms with Gasteiger partial charge in [-0.3, -0.25) is 0 Å². The second-order valence-electron chi connectivity index (χ2n) is 2.35. The van der Waals surface area contributed by atoms with Gasteiger partial charge in [0.1, 0.15) is 0 Å². The monoisotopic (exact) mass is 252 g/mol. The van der Waals surface area contributed by atoms with Crippen molar-refractivity contribution in [2.45, 2.75) is 6.92 Å². The van der Waals surface area contributed by atoms with Crippen molar-refractivity contribution >= 4 is 12.3 Å². The molecule has 0 saturated heterocycles. The number of carboxylic acid groups (broad SMARTS) is 1. The van der Waals surface area contributed by atoms with Crippen molar-refractivity contribution in [3.8, 4) is 0 Å². The fourth-order valence-electron chi connectivity index (χ4n) is 0.947. The molecule has 1 aromatic rings. The molecule has 0 aromatic heterocycles. The summed E-state index contributed by atoms with van der Waals surface area (Å²) in [6, 6.07) is 5.50. The van der Waals surface area contributed by atoms with Crippen LogP contribution in [-0.2, 0) is 32.7 Å². The van der Waals surface area contributed by atoms with Crippen LogP contribution in [0.5, 0.6) is 0 Å². The summed E-state index contributed by atoms with van der Waals surface area (Å²) in [7, 11) is 0. The zero-order chi connectivity index (χ0) is 9.14. The van der Waals surface area contributed by atoms with Crippen LogP contribution < -0.4 is 0 Å². The molecule has 4 heteroatoms. The molecule has 0 fully saturated rings. The molecule has 0 bridgehead atoms. The van der Waals surface area contributed by atoms with Gasteiger partial charge in [-0.25, -0.2) is 4.79 Å². The first-order valence-corrected chi connectivity index (χ1v) is 3.36. The largest absolute Gasteiger partial charge is 0.479 e. The summed E-state index contributed by atoms with van der Waals surface area (Å²) >= 11 is 0. The maximum atomic E-state index is 10.6. The average molecular weight is 252 g/mol. The van der Waals surface area contributed by atoms with E-state index in [0.717, 1.165) is 0 Å². The molecule has 0 amide bonds. The van der Waals surface area contributed by atoms with Gasteiger partial charge in [0.05, 0.1) is 6.29 Å². The predicted octanol–water partition coefficient (Wildman–Crippen LogP) is 1.30. The van der Waals surface area contributed by atoms with Gasteiger partial charge >= 0.3 is 5.97 Å². The van der Waals surface area contributed by atoms with E-state index in [1.165, 1.54) is 12.1 Å². The third kappa shape index (κ3) is 2.71. The molecule has 3 nitrogen and oxygen atoms in total. The summed E-state index contributed by atoms with van der Waals surface area (Å²) in [5.41, 5.74) is 0.908. The Morgan fingerprint density at radius 2 is 2.23 bits per heavy atom. The van der Waals surface area contributed by atoms with Crippen molar-refractivity contribution in [1.29, 1.82) is 0 Å². The van der Waals surface area contributed by atoms with Gasteiger partial charge in [-0.1, -0.05) is 6.92 Å². The smallest absolute Gasteiger partial charge is 0.317 e. The van der Waals surface area contributed by atoms with E-state index in [-0.39, 0.29) is 38.3 Å². The summed E-state index contributed by atoms with van der Waals surface area (Å²) in [5.74, 6) is -1.02. The summed E-state index contributed by atoms with van der Waals surface area (Å²) in [5, 5.41) is 8.66. The van der Waals surface area contributed by atoms with E-state index in [2.05, 4.69) is 6.07 Å². The van der Waals surface area contributed by atoms with Crippen molar-refractivity contribution < 1.29 is 47.4 Å².